The fraction of sp³-hybridized carbons (Fsp3) is 0.417. The molecule has 0 spiro atoms. The molecule has 0 saturated heterocycles. The van der Waals surface area contributed by atoms with Crippen molar-refractivity contribution in [1.82, 2.24) is 20.2 Å². The van der Waals surface area contributed by atoms with Crippen LogP contribution >= 0.6 is 15.9 Å². The summed E-state index contributed by atoms with van der Waals surface area (Å²) in [5.41, 5.74) is 2.42. The van der Waals surface area contributed by atoms with Crippen LogP contribution in [-0.2, 0) is 6.42 Å². The van der Waals surface area contributed by atoms with Gasteiger partial charge in [0.05, 0.1) is 10.7 Å². The summed E-state index contributed by atoms with van der Waals surface area (Å²) in [5.74, 6) is 1.62. The lowest BCUT2D eigenvalue weighted by atomic mass is 10.1. The van der Waals surface area contributed by atoms with Crippen LogP contribution in [0, 0.1) is 13.8 Å². The molecule has 18 heavy (non-hydrogen) atoms. The number of nitrogens with one attached hydrogen (secondary N) is 2. The molecule has 0 atom stereocenters. The van der Waals surface area contributed by atoms with Gasteiger partial charge in [-0.1, -0.05) is 0 Å². The van der Waals surface area contributed by atoms with Crippen LogP contribution < -0.4 is 5.32 Å². The van der Waals surface area contributed by atoms with E-state index >= 15 is 0 Å². The van der Waals surface area contributed by atoms with E-state index in [1.54, 1.807) is 6.20 Å². The van der Waals surface area contributed by atoms with Crippen LogP contribution in [0.1, 0.15) is 23.5 Å². The van der Waals surface area contributed by atoms with Crippen molar-refractivity contribution in [2.24, 2.45) is 0 Å². The molecule has 2 aromatic rings. The number of aromatic nitrogens is 4. The standard InChI is InChI=1S/C12H16BrN5/c1-8-10(6-16-18-8)4-3-5-14-12-11(13)7-15-9(2)17-12/h6-7H,3-5H2,1-2H3,(H,16,18)(H,14,15,17). The van der Waals surface area contributed by atoms with Crippen molar-refractivity contribution in [3.05, 3.63) is 33.9 Å². The van der Waals surface area contributed by atoms with Gasteiger partial charge in [0.25, 0.3) is 0 Å². The first-order valence-corrected chi connectivity index (χ1v) is 6.68. The van der Waals surface area contributed by atoms with E-state index in [4.69, 9.17) is 0 Å². The van der Waals surface area contributed by atoms with Gasteiger partial charge in [-0.25, -0.2) is 9.97 Å². The summed E-state index contributed by atoms with van der Waals surface area (Å²) in [6.45, 7) is 4.80. The number of H-pyrrole nitrogens is 1. The lowest BCUT2D eigenvalue weighted by molar-refractivity contribution is 0.849. The molecule has 0 aliphatic heterocycles. The summed E-state index contributed by atoms with van der Waals surface area (Å²) in [6.07, 6.45) is 5.71. The maximum atomic E-state index is 4.34. The van der Waals surface area contributed by atoms with Crippen LogP contribution in [0.4, 0.5) is 5.82 Å². The summed E-state index contributed by atoms with van der Waals surface area (Å²) in [4.78, 5) is 8.45. The molecule has 6 heteroatoms. The molecule has 2 heterocycles. The number of anilines is 1. The lowest BCUT2D eigenvalue weighted by Gasteiger charge is -2.07. The highest BCUT2D eigenvalue weighted by molar-refractivity contribution is 9.10. The first-order chi connectivity index (χ1) is 8.66. The van der Waals surface area contributed by atoms with Gasteiger partial charge in [-0.05, 0) is 48.2 Å². The molecule has 2 rings (SSSR count). The van der Waals surface area contributed by atoms with Crippen LogP contribution in [0.2, 0.25) is 0 Å². The SMILES string of the molecule is Cc1ncc(Br)c(NCCCc2cn[nH]c2C)n1. The van der Waals surface area contributed by atoms with Gasteiger partial charge in [-0.15, -0.1) is 0 Å². The first kappa shape index (κ1) is 13.0. The zero-order chi connectivity index (χ0) is 13.0. The van der Waals surface area contributed by atoms with Gasteiger partial charge in [0, 0.05) is 18.4 Å². The Bertz CT molecular complexity index is 523. The molecule has 96 valence electrons. The molecule has 0 radical (unpaired) electrons. The Kier molecular flexibility index (Phi) is 4.30. The minimum Gasteiger partial charge on any atom is -0.369 e. The average Bonchev–Trinajstić information content (AvgIpc) is 2.75. The molecule has 0 aliphatic rings. The molecular weight excluding hydrogens is 294 g/mol. The second-order valence-corrected chi connectivity index (χ2v) is 5.02. The largest absolute Gasteiger partial charge is 0.369 e. The number of halogens is 1. The van der Waals surface area contributed by atoms with Crippen LogP contribution in [0.25, 0.3) is 0 Å². The number of hydrogen-bond acceptors (Lipinski definition) is 4. The Morgan fingerprint density at radius 3 is 2.89 bits per heavy atom. The number of rotatable bonds is 5. The summed E-state index contributed by atoms with van der Waals surface area (Å²) >= 11 is 3.43. The quantitative estimate of drug-likeness (QED) is 0.833. The zero-order valence-electron chi connectivity index (χ0n) is 10.5. The third kappa shape index (κ3) is 3.29. The average molecular weight is 310 g/mol. The molecule has 2 N–H and O–H groups in total. The van der Waals surface area contributed by atoms with Crippen LogP contribution in [0.3, 0.4) is 0 Å². The third-order valence-electron chi connectivity index (χ3n) is 2.71. The van der Waals surface area contributed by atoms with E-state index in [-0.39, 0.29) is 0 Å². The van der Waals surface area contributed by atoms with Crippen LogP contribution in [0.5, 0.6) is 0 Å². The van der Waals surface area contributed by atoms with Gasteiger partial charge >= 0.3 is 0 Å². The highest BCUT2D eigenvalue weighted by atomic mass is 79.9. The normalized spacial score (nSPS) is 10.6. The predicted octanol–water partition coefficient (Wildman–Crippen LogP) is 2.62. The van der Waals surface area contributed by atoms with E-state index in [1.165, 1.54) is 5.56 Å². The van der Waals surface area contributed by atoms with Crippen molar-refractivity contribution in [1.29, 1.82) is 0 Å². The summed E-state index contributed by atoms with van der Waals surface area (Å²) in [5, 5.41) is 10.3. The smallest absolute Gasteiger partial charge is 0.144 e. The van der Waals surface area contributed by atoms with Crippen LogP contribution in [-0.4, -0.2) is 26.7 Å². The number of nitrogens with zero attached hydrogens (tertiary/aromatic N) is 3. The van der Waals surface area contributed by atoms with E-state index in [2.05, 4.69) is 41.4 Å². The van der Waals surface area contributed by atoms with Gasteiger partial charge in [-0.3, -0.25) is 5.10 Å². The van der Waals surface area contributed by atoms with E-state index in [0.717, 1.165) is 41.2 Å². The lowest BCUT2D eigenvalue weighted by Crippen LogP contribution is -2.06. The number of hydrogen-bond donors (Lipinski definition) is 2. The van der Waals surface area contributed by atoms with Crippen molar-refractivity contribution >= 4 is 21.7 Å². The predicted molar refractivity (Wildman–Crippen MR) is 74.6 cm³/mol. The number of aromatic amines is 1. The molecule has 0 aromatic carbocycles. The maximum absolute atomic E-state index is 4.34. The van der Waals surface area contributed by atoms with E-state index in [1.807, 2.05) is 20.0 Å². The topological polar surface area (TPSA) is 66.5 Å². The Morgan fingerprint density at radius 2 is 2.17 bits per heavy atom. The van der Waals surface area contributed by atoms with Gasteiger partial charge < -0.3 is 5.32 Å². The Labute approximate surface area is 115 Å². The molecule has 0 bridgehead atoms. The summed E-state index contributed by atoms with van der Waals surface area (Å²) < 4.78 is 0.896. The molecule has 0 saturated carbocycles. The zero-order valence-corrected chi connectivity index (χ0v) is 12.1. The molecule has 2 aromatic heterocycles. The van der Waals surface area contributed by atoms with Gasteiger partial charge in [0.15, 0.2) is 0 Å². The summed E-state index contributed by atoms with van der Waals surface area (Å²) in [6, 6.07) is 0. The van der Waals surface area contributed by atoms with Crippen molar-refractivity contribution in [3.63, 3.8) is 0 Å². The molecule has 5 nitrogen and oxygen atoms in total. The minimum absolute atomic E-state index is 0.770. The molecule has 0 amide bonds. The Balaban J connectivity index is 1.82. The Hall–Kier alpha value is -1.43. The molecular formula is C12H16BrN5. The third-order valence-corrected chi connectivity index (χ3v) is 3.29. The molecule has 0 aliphatic carbocycles. The summed E-state index contributed by atoms with van der Waals surface area (Å²) in [7, 11) is 0. The van der Waals surface area contributed by atoms with Crippen molar-refractivity contribution in [2.45, 2.75) is 26.7 Å². The monoisotopic (exact) mass is 309 g/mol. The maximum Gasteiger partial charge on any atom is 0.144 e. The highest BCUT2D eigenvalue weighted by Gasteiger charge is 2.03. The van der Waals surface area contributed by atoms with Crippen molar-refractivity contribution < 1.29 is 0 Å². The second-order valence-electron chi connectivity index (χ2n) is 4.16. The van der Waals surface area contributed by atoms with Gasteiger partial charge in [0.2, 0.25) is 0 Å². The van der Waals surface area contributed by atoms with E-state index in [0.29, 0.717) is 0 Å². The van der Waals surface area contributed by atoms with Gasteiger partial charge in [0.1, 0.15) is 11.6 Å². The molecule has 0 fully saturated rings. The second kappa shape index (κ2) is 5.95. The fourth-order valence-electron chi connectivity index (χ4n) is 1.69. The minimum atomic E-state index is 0.770. The van der Waals surface area contributed by atoms with Crippen LogP contribution in [0.15, 0.2) is 16.9 Å². The van der Waals surface area contributed by atoms with Crippen molar-refractivity contribution in [2.75, 3.05) is 11.9 Å². The first-order valence-electron chi connectivity index (χ1n) is 5.88. The van der Waals surface area contributed by atoms with E-state index in [9.17, 15) is 0 Å². The van der Waals surface area contributed by atoms with Crippen molar-refractivity contribution in [3.8, 4) is 0 Å². The fourth-order valence-corrected chi connectivity index (χ4v) is 2.02. The Morgan fingerprint density at radius 1 is 1.33 bits per heavy atom. The van der Waals surface area contributed by atoms with Gasteiger partial charge in [-0.2, -0.15) is 5.10 Å². The number of aryl methyl sites for hydroxylation is 3. The van der Waals surface area contributed by atoms with E-state index < -0.39 is 0 Å². The molecule has 0 unspecified atom stereocenters. The highest BCUT2D eigenvalue weighted by Crippen LogP contribution is 2.18.